The third-order valence-electron chi connectivity index (χ3n) is 2.29. The molecule has 0 aromatic rings. The molecule has 0 heterocycles. The molecular formula is C14H30O4. The van der Waals surface area contributed by atoms with Gasteiger partial charge in [0, 0.05) is 0 Å². The first-order valence-corrected chi connectivity index (χ1v) is 6.58. The summed E-state index contributed by atoms with van der Waals surface area (Å²) in [5.41, 5.74) is -0.0829. The van der Waals surface area contributed by atoms with Gasteiger partial charge >= 0.3 is 0 Å². The quantitative estimate of drug-likeness (QED) is 0.736. The molecule has 4 heteroatoms. The molecular weight excluding hydrogens is 232 g/mol. The van der Waals surface area contributed by atoms with E-state index in [1.165, 1.54) is 0 Å². The van der Waals surface area contributed by atoms with Crippen LogP contribution in [0, 0.1) is 5.41 Å². The van der Waals surface area contributed by atoms with E-state index in [2.05, 4.69) is 20.8 Å². The van der Waals surface area contributed by atoms with Gasteiger partial charge in [0.05, 0.1) is 31.5 Å². The highest BCUT2D eigenvalue weighted by molar-refractivity contribution is 4.73. The zero-order valence-electron chi connectivity index (χ0n) is 12.7. The molecule has 4 nitrogen and oxygen atoms in total. The summed E-state index contributed by atoms with van der Waals surface area (Å²) in [4.78, 5) is 0. The second-order valence-corrected chi connectivity index (χ2v) is 6.94. The van der Waals surface area contributed by atoms with E-state index in [1.54, 1.807) is 0 Å². The van der Waals surface area contributed by atoms with Crippen LogP contribution in [0.1, 0.15) is 48.0 Å². The zero-order valence-corrected chi connectivity index (χ0v) is 12.7. The molecule has 0 amide bonds. The largest absolute Gasteiger partial charge is 0.394 e. The molecule has 0 aromatic carbocycles. The van der Waals surface area contributed by atoms with Crippen molar-refractivity contribution in [1.82, 2.24) is 0 Å². The SMILES string of the molecule is CC(C)(C)CC(COC(CO)CO)OC(C)(C)C. The summed E-state index contributed by atoms with van der Waals surface area (Å²) in [7, 11) is 0. The van der Waals surface area contributed by atoms with Gasteiger partial charge in [-0.1, -0.05) is 20.8 Å². The molecule has 0 saturated carbocycles. The topological polar surface area (TPSA) is 58.9 Å². The number of aliphatic hydroxyl groups is 2. The zero-order chi connectivity index (χ0) is 14.4. The fourth-order valence-electron chi connectivity index (χ4n) is 1.72. The third-order valence-corrected chi connectivity index (χ3v) is 2.29. The Kier molecular flexibility index (Phi) is 7.37. The van der Waals surface area contributed by atoms with Crippen molar-refractivity contribution in [3.63, 3.8) is 0 Å². The predicted octanol–water partition coefficient (Wildman–Crippen LogP) is 1.98. The van der Waals surface area contributed by atoms with Gasteiger partial charge in [-0.25, -0.2) is 0 Å². The Labute approximate surface area is 111 Å². The van der Waals surface area contributed by atoms with Gasteiger partial charge in [-0.3, -0.25) is 0 Å². The molecule has 1 unspecified atom stereocenters. The lowest BCUT2D eigenvalue weighted by Gasteiger charge is -2.32. The maximum absolute atomic E-state index is 8.98. The summed E-state index contributed by atoms with van der Waals surface area (Å²) in [5.74, 6) is 0. The smallest absolute Gasteiger partial charge is 0.104 e. The molecule has 0 spiro atoms. The first-order chi connectivity index (χ1) is 8.07. The van der Waals surface area contributed by atoms with Gasteiger partial charge in [-0.15, -0.1) is 0 Å². The van der Waals surface area contributed by atoms with Crippen LogP contribution in [0.4, 0.5) is 0 Å². The van der Waals surface area contributed by atoms with Crippen molar-refractivity contribution in [2.45, 2.75) is 65.8 Å². The van der Waals surface area contributed by atoms with Gasteiger partial charge < -0.3 is 19.7 Å². The molecule has 0 aromatic heterocycles. The van der Waals surface area contributed by atoms with Gasteiger partial charge in [0.25, 0.3) is 0 Å². The minimum Gasteiger partial charge on any atom is -0.394 e. The average molecular weight is 262 g/mol. The molecule has 0 rings (SSSR count). The number of hydrogen-bond donors (Lipinski definition) is 2. The van der Waals surface area contributed by atoms with Crippen molar-refractivity contribution in [3.8, 4) is 0 Å². The summed E-state index contributed by atoms with van der Waals surface area (Å²) in [6.45, 7) is 12.5. The highest BCUT2D eigenvalue weighted by Crippen LogP contribution is 2.25. The summed E-state index contributed by atoms with van der Waals surface area (Å²) < 4.78 is 11.4. The minimum atomic E-state index is -0.518. The van der Waals surface area contributed by atoms with Crippen LogP contribution in [0.3, 0.4) is 0 Å². The van der Waals surface area contributed by atoms with E-state index >= 15 is 0 Å². The highest BCUT2D eigenvalue weighted by atomic mass is 16.6. The van der Waals surface area contributed by atoms with Crippen LogP contribution < -0.4 is 0 Å². The van der Waals surface area contributed by atoms with Crippen LogP contribution in [0.25, 0.3) is 0 Å². The van der Waals surface area contributed by atoms with Crippen LogP contribution in [-0.4, -0.2) is 47.8 Å². The van der Waals surface area contributed by atoms with E-state index in [0.717, 1.165) is 6.42 Å². The normalized spacial score (nSPS) is 15.2. The minimum absolute atomic E-state index is 0.0365. The van der Waals surface area contributed by atoms with E-state index < -0.39 is 6.10 Å². The van der Waals surface area contributed by atoms with E-state index in [9.17, 15) is 0 Å². The lowest BCUT2D eigenvalue weighted by molar-refractivity contribution is -0.126. The highest BCUT2D eigenvalue weighted by Gasteiger charge is 2.25. The molecule has 0 saturated heterocycles. The van der Waals surface area contributed by atoms with Gasteiger partial charge in [-0.2, -0.15) is 0 Å². The van der Waals surface area contributed by atoms with Crippen molar-refractivity contribution in [2.75, 3.05) is 19.8 Å². The molecule has 2 N–H and O–H groups in total. The Bertz CT molecular complexity index is 195. The number of hydrogen-bond acceptors (Lipinski definition) is 4. The van der Waals surface area contributed by atoms with Crippen LogP contribution in [0.2, 0.25) is 0 Å². The van der Waals surface area contributed by atoms with E-state index in [1.807, 2.05) is 20.8 Å². The average Bonchev–Trinajstić information content (AvgIpc) is 2.14. The molecule has 0 bridgehead atoms. The Balaban J connectivity index is 4.38. The number of rotatable bonds is 7. The summed E-state index contributed by atoms with van der Waals surface area (Å²) >= 11 is 0. The number of aliphatic hydroxyl groups excluding tert-OH is 2. The molecule has 0 fully saturated rings. The van der Waals surface area contributed by atoms with Gasteiger partial charge in [0.15, 0.2) is 0 Å². The molecule has 18 heavy (non-hydrogen) atoms. The van der Waals surface area contributed by atoms with Gasteiger partial charge in [0.1, 0.15) is 6.10 Å². The molecule has 110 valence electrons. The van der Waals surface area contributed by atoms with E-state index in [4.69, 9.17) is 19.7 Å². The standard InChI is InChI=1S/C14H30O4/c1-13(2,3)7-11(18-14(4,5)6)10-17-12(8-15)9-16/h11-12,15-16H,7-10H2,1-6H3. The summed E-state index contributed by atoms with van der Waals surface area (Å²) in [5, 5.41) is 18.0. The molecule has 0 aliphatic carbocycles. The maximum atomic E-state index is 8.98. The van der Waals surface area contributed by atoms with Crippen LogP contribution in [0.15, 0.2) is 0 Å². The van der Waals surface area contributed by atoms with E-state index in [-0.39, 0.29) is 30.3 Å². The monoisotopic (exact) mass is 262 g/mol. The Morgan fingerprint density at radius 1 is 0.889 bits per heavy atom. The first kappa shape index (κ1) is 17.8. The van der Waals surface area contributed by atoms with Gasteiger partial charge in [0.2, 0.25) is 0 Å². The maximum Gasteiger partial charge on any atom is 0.104 e. The van der Waals surface area contributed by atoms with Crippen molar-refractivity contribution >= 4 is 0 Å². The Morgan fingerprint density at radius 2 is 1.39 bits per heavy atom. The number of ether oxygens (including phenoxy) is 2. The second kappa shape index (κ2) is 7.43. The second-order valence-electron chi connectivity index (χ2n) is 6.94. The van der Waals surface area contributed by atoms with Crippen molar-refractivity contribution in [2.24, 2.45) is 5.41 Å². The van der Waals surface area contributed by atoms with Crippen LogP contribution >= 0.6 is 0 Å². The van der Waals surface area contributed by atoms with Crippen LogP contribution in [0.5, 0.6) is 0 Å². The third kappa shape index (κ3) is 9.83. The predicted molar refractivity (Wildman–Crippen MR) is 72.6 cm³/mol. The Morgan fingerprint density at radius 3 is 1.72 bits per heavy atom. The molecule has 0 radical (unpaired) electrons. The lowest BCUT2D eigenvalue weighted by atomic mass is 9.89. The fourth-order valence-corrected chi connectivity index (χ4v) is 1.72. The fraction of sp³-hybridized carbons (Fsp3) is 1.00. The summed E-state index contributed by atoms with van der Waals surface area (Å²) in [6, 6.07) is 0. The van der Waals surface area contributed by atoms with Crippen molar-refractivity contribution in [1.29, 1.82) is 0 Å². The van der Waals surface area contributed by atoms with Crippen molar-refractivity contribution < 1.29 is 19.7 Å². The van der Waals surface area contributed by atoms with Crippen LogP contribution in [-0.2, 0) is 9.47 Å². The first-order valence-electron chi connectivity index (χ1n) is 6.58. The molecule has 0 aliphatic rings. The Hall–Kier alpha value is -0.160. The molecule has 1 atom stereocenters. The van der Waals surface area contributed by atoms with E-state index in [0.29, 0.717) is 6.61 Å². The molecule has 0 aliphatic heterocycles. The van der Waals surface area contributed by atoms with Crippen molar-refractivity contribution in [3.05, 3.63) is 0 Å². The lowest BCUT2D eigenvalue weighted by Crippen LogP contribution is -2.36. The van der Waals surface area contributed by atoms with Gasteiger partial charge in [-0.05, 0) is 32.6 Å². The summed E-state index contributed by atoms with van der Waals surface area (Å²) in [6.07, 6.45) is 0.315.